The standard InChI is InChI=1S/C21H22N8O/c1-12-8-13(12)9-19(30)27-16-11-25-29-18(22-2)10-17(28-21(16)29)26-15-5-3-4-14-20(15)24-7-6-23-14/h3-7,10-13,22H,8-9H2,1-2H3,(H,26,28)(H,27,30)/t12-,13-/m0/s1. The van der Waals surface area contributed by atoms with Crippen LogP contribution >= 0.6 is 0 Å². The van der Waals surface area contributed by atoms with Gasteiger partial charge in [-0.15, -0.1) is 0 Å². The summed E-state index contributed by atoms with van der Waals surface area (Å²) in [4.78, 5) is 25.9. The normalized spacial score (nSPS) is 17.8. The summed E-state index contributed by atoms with van der Waals surface area (Å²) in [5, 5.41) is 13.8. The zero-order chi connectivity index (χ0) is 20.7. The van der Waals surface area contributed by atoms with Crippen LogP contribution in [-0.4, -0.2) is 37.5 Å². The molecular weight excluding hydrogens is 380 g/mol. The summed E-state index contributed by atoms with van der Waals surface area (Å²) >= 11 is 0. The smallest absolute Gasteiger partial charge is 0.224 e. The largest absolute Gasteiger partial charge is 0.373 e. The van der Waals surface area contributed by atoms with E-state index in [4.69, 9.17) is 4.98 Å². The number of hydrogen-bond donors (Lipinski definition) is 3. The fourth-order valence-electron chi connectivity index (χ4n) is 3.65. The van der Waals surface area contributed by atoms with Crippen LogP contribution in [0.15, 0.2) is 42.9 Å². The van der Waals surface area contributed by atoms with Crippen molar-refractivity contribution in [2.45, 2.75) is 19.8 Å². The molecule has 1 aliphatic rings. The Morgan fingerprint density at radius 3 is 2.87 bits per heavy atom. The Bertz CT molecular complexity index is 1250. The molecule has 3 heterocycles. The lowest BCUT2D eigenvalue weighted by Crippen LogP contribution is -2.12. The highest BCUT2D eigenvalue weighted by atomic mass is 16.1. The number of carbonyl (C=O) groups is 1. The van der Waals surface area contributed by atoms with Crippen LogP contribution in [0.3, 0.4) is 0 Å². The van der Waals surface area contributed by atoms with Crippen molar-refractivity contribution in [1.29, 1.82) is 0 Å². The Morgan fingerprint density at radius 2 is 2.07 bits per heavy atom. The molecule has 1 aliphatic carbocycles. The van der Waals surface area contributed by atoms with E-state index in [2.05, 4.69) is 37.9 Å². The molecule has 1 aromatic carbocycles. The monoisotopic (exact) mass is 402 g/mol. The van der Waals surface area contributed by atoms with Gasteiger partial charge in [0.25, 0.3) is 0 Å². The first-order valence-electron chi connectivity index (χ1n) is 9.95. The minimum absolute atomic E-state index is 0.00486. The van der Waals surface area contributed by atoms with Gasteiger partial charge in [0.2, 0.25) is 5.91 Å². The van der Waals surface area contributed by atoms with E-state index in [-0.39, 0.29) is 5.91 Å². The van der Waals surface area contributed by atoms with Gasteiger partial charge in [-0.05, 0) is 30.4 Å². The number of anilines is 4. The molecule has 0 unspecified atom stereocenters. The molecule has 9 heteroatoms. The molecule has 1 amide bonds. The van der Waals surface area contributed by atoms with Gasteiger partial charge in [0.05, 0.1) is 17.4 Å². The highest BCUT2D eigenvalue weighted by Gasteiger charge is 2.34. The molecule has 3 aromatic heterocycles. The van der Waals surface area contributed by atoms with Gasteiger partial charge in [0, 0.05) is 31.9 Å². The number of amides is 1. The molecule has 1 fully saturated rings. The third kappa shape index (κ3) is 3.38. The Balaban J connectivity index is 1.48. The summed E-state index contributed by atoms with van der Waals surface area (Å²) in [5.41, 5.74) is 3.50. The van der Waals surface area contributed by atoms with Crippen LogP contribution in [-0.2, 0) is 4.79 Å². The van der Waals surface area contributed by atoms with Crippen LogP contribution in [0, 0.1) is 11.8 Å². The van der Waals surface area contributed by atoms with Gasteiger partial charge in [-0.3, -0.25) is 14.8 Å². The Kier molecular flexibility index (Phi) is 4.42. The molecule has 4 aromatic rings. The van der Waals surface area contributed by atoms with Crippen molar-refractivity contribution in [2.75, 3.05) is 23.0 Å². The van der Waals surface area contributed by atoms with Gasteiger partial charge < -0.3 is 16.0 Å². The summed E-state index contributed by atoms with van der Waals surface area (Å²) < 4.78 is 1.67. The number of para-hydroxylation sites is 1. The lowest BCUT2D eigenvalue weighted by atomic mass is 10.2. The number of nitrogens with zero attached hydrogens (tertiary/aromatic N) is 5. The number of benzene rings is 1. The first-order chi connectivity index (χ1) is 14.6. The fourth-order valence-corrected chi connectivity index (χ4v) is 3.65. The number of carbonyl (C=O) groups excluding carboxylic acids is 1. The molecule has 0 radical (unpaired) electrons. The number of rotatable bonds is 6. The van der Waals surface area contributed by atoms with E-state index in [1.165, 1.54) is 0 Å². The molecule has 0 bridgehead atoms. The third-order valence-corrected chi connectivity index (χ3v) is 5.49. The molecule has 152 valence electrons. The predicted octanol–water partition coefficient (Wildman–Crippen LogP) is 3.44. The molecule has 1 saturated carbocycles. The fraction of sp³-hybridized carbons (Fsp3) is 0.286. The lowest BCUT2D eigenvalue weighted by Gasteiger charge is -2.11. The van der Waals surface area contributed by atoms with E-state index in [1.807, 2.05) is 31.3 Å². The predicted molar refractivity (Wildman–Crippen MR) is 116 cm³/mol. The van der Waals surface area contributed by atoms with Gasteiger partial charge in [-0.1, -0.05) is 13.0 Å². The van der Waals surface area contributed by atoms with Gasteiger partial charge in [0.1, 0.15) is 22.8 Å². The summed E-state index contributed by atoms with van der Waals surface area (Å²) in [6, 6.07) is 7.61. The summed E-state index contributed by atoms with van der Waals surface area (Å²) in [5.74, 6) is 2.46. The number of aromatic nitrogens is 5. The van der Waals surface area contributed by atoms with Crippen LogP contribution in [0.25, 0.3) is 16.7 Å². The molecule has 2 atom stereocenters. The highest BCUT2D eigenvalue weighted by molar-refractivity contribution is 5.95. The van der Waals surface area contributed by atoms with Crippen LogP contribution in [0.4, 0.5) is 23.0 Å². The summed E-state index contributed by atoms with van der Waals surface area (Å²) in [6.45, 7) is 2.17. The molecule has 5 rings (SSSR count). The topological polar surface area (TPSA) is 109 Å². The average Bonchev–Trinajstić information content (AvgIpc) is 3.29. The maximum absolute atomic E-state index is 12.4. The number of fused-ring (bicyclic) bond motifs is 2. The summed E-state index contributed by atoms with van der Waals surface area (Å²) in [7, 11) is 1.82. The molecule has 0 aliphatic heterocycles. The Labute approximate surface area is 172 Å². The lowest BCUT2D eigenvalue weighted by molar-refractivity contribution is -0.116. The molecule has 30 heavy (non-hydrogen) atoms. The van der Waals surface area contributed by atoms with Crippen LogP contribution in [0.2, 0.25) is 0 Å². The van der Waals surface area contributed by atoms with E-state index >= 15 is 0 Å². The van der Waals surface area contributed by atoms with Crippen molar-refractivity contribution in [1.82, 2.24) is 24.6 Å². The van der Waals surface area contributed by atoms with Crippen LogP contribution < -0.4 is 16.0 Å². The Morgan fingerprint density at radius 1 is 1.23 bits per heavy atom. The average molecular weight is 402 g/mol. The van der Waals surface area contributed by atoms with Crippen molar-refractivity contribution >= 4 is 45.6 Å². The number of hydrogen-bond acceptors (Lipinski definition) is 7. The van der Waals surface area contributed by atoms with Crippen molar-refractivity contribution in [2.24, 2.45) is 11.8 Å². The maximum atomic E-state index is 12.4. The zero-order valence-corrected chi connectivity index (χ0v) is 16.8. The van der Waals surface area contributed by atoms with E-state index in [0.717, 1.165) is 29.0 Å². The zero-order valence-electron chi connectivity index (χ0n) is 16.8. The van der Waals surface area contributed by atoms with Crippen molar-refractivity contribution in [3.63, 3.8) is 0 Å². The molecule has 3 N–H and O–H groups in total. The van der Waals surface area contributed by atoms with Gasteiger partial charge in [-0.2, -0.15) is 9.61 Å². The minimum Gasteiger partial charge on any atom is -0.373 e. The highest BCUT2D eigenvalue weighted by Crippen LogP contribution is 2.40. The second kappa shape index (κ2) is 7.25. The van der Waals surface area contributed by atoms with Gasteiger partial charge >= 0.3 is 0 Å². The van der Waals surface area contributed by atoms with Crippen LogP contribution in [0.5, 0.6) is 0 Å². The quantitative estimate of drug-likeness (QED) is 0.453. The molecule has 0 saturated heterocycles. The molecular formula is C21H22N8O. The second-order valence-electron chi connectivity index (χ2n) is 7.65. The second-order valence-corrected chi connectivity index (χ2v) is 7.65. The molecule has 0 spiro atoms. The minimum atomic E-state index is -0.00486. The third-order valence-electron chi connectivity index (χ3n) is 5.49. The van der Waals surface area contributed by atoms with Crippen LogP contribution in [0.1, 0.15) is 19.8 Å². The van der Waals surface area contributed by atoms with E-state index in [0.29, 0.717) is 35.4 Å². The van der Waals surface area contributed by atoms with Crippen molar-refractivity contribution in [3.05, 3.63) is 42.9 Å². The maximum Gasteiger partial charge on any atom is 0.224 e. The van der Waals surface area contributed by atoms with E-state index in [1.54, 1.807) is 23.1 Å². The molecule has 9 nitrogen and oxygen atoms in total. The first kappa shape index (κ1) is 18.3. The SMILES string of the molecule is CNc1cc(Nc2cccc3nccnc23)nc2c(NC(=O)C[C@@H]3C[C@@H]3C)cnn12. The summed E-state index contributed by atoms with van der Waals surface area (Å²) in [6.07, 6.45) is 6.61. The van der Waals surface area contributed by atoms with E-state index < -0.39 is 0 Å². The van der Waals surface area contributed by atoms with Crippen molar-refractivity contribution < 1.29 is 4.79 Å². The van der Waals surface area contributed by atoms with Crippen molar-refractivity contribution in [3.8, 4) is 0 Å². The van der Waals surface area contributed by atoms with E-state index in [9.17, 15) is 4.79 Å². The first-order valence-corrected chi connectivity index (χ1v) is 9.95. The Hall–Kier alpha value is -3.75. The van der Waals surface area contributed by atoms with Gasteiger partial charge in [0.15, 0.2) is 5.65 Å². The van der Waals surface area contributed by atoms with Gasteiger partial charge in [-0.25, -0.2) is 4.98 Å². The number of nitrogens with one attached hydrogen (secondary N) is 3.